The van der Waals surface area contributed by atoms with Gasteiger partial charge in [-0.2, -0.15) is 5.11 Å². The number of nitrogens with one attached hydrogen (secondary N) is 2. The second kappa shape index (κ2) is 10.6. The minimum Gasteiger partial charge on any atom is -0.406 e. The fourth-order valence-corrected chi connectivity index (χ4v) is 2.40. The third-order valence-electron chi connectivity index (χ3n) is 3.80. The molecule has 0 unspecified atom stereocenters. The van der Waals surface area contributed by atoms with Gasteiger partial charge in [0.1, 0.15) is 5.69 Å². The molecule has 2 N–H and O–H groups in total. The molecule has 0 spiro atoms. The van der Waals surface area contributed by atoms with Gasteiger partial charge < -0.3 is 20.3 Å². The van der Waals surface area contributed by atoms with Gasteiger partial charge in [-0.25, -0.2) is 9.78 Å². The molecule has 0 atom stereocenters. The molecule has 1 aromatic heterocycles. The van der Waals surface area contributed by atoms with Crippen LogP contribution in [0.3, 0.4) is 0 Å². The van der Waals surface area contributed by atoms with Crippen LogP contribution in [0, 0.1) is 0 Å². The Kier molecular flexibility index (Phi) is 7.98. The van der Waals surface area contributed by atoms with Gasteiger partial charge in [-0.1, -0.05) is 18.2 Å². The van der Waals surface area contributed by atoms with E-state index in [9.17, 15) is 14.4 Å². The molecule has 0 aliphatic rings. The third kappa shape index (κ3) is 6.36. The average Bonchev–Trinajstić information content (AvgIpc) is 2.69. The van der Waals surface area contributed by atoms with E-state index in [0.29, 0.717) is 18.8 Å². The van der Waals surface area contributed by atoms with Gasteiger partial charge in [-0.05, 0) is 26.0 Å². The van der Waals surface area contributed by atoms with E-state index in [1.165, 1.54) is 24.8 Å². The molecule has 1 aromatic carbocycles. The molecule has 0 saturated heterocycles. The first-order valence-electron chi connectivity index (χ1n) is 9.37. The standard InChI is InChI=1S/C20H24N6O4/c1-5-26(6-2)20(29)30-17-12-16(25-24-15-10-8-7-9-11-15)18(21-13(3)27)23-19(17)22-14(4)28/h7-12H,5-6H2,1-4H3,(H2,21,22,23,27,28)/b25-24+. The van der Waals surface area contributed by atoms with Crippen molar-refractivity contribution >= 4 is 40.9 Å². The lowest BCUT2D eigenvalue weighted by Gasteiger charge is -2.19. The Morgan fingerprint density at radius 3 is 2.13 bits per heavy atom. The second-order valence-electron chi connectivity index (χ2n) is 6.14. The van der Waals surface area contributed by atoms with E-state index >= 15 is 0 Å². The second-order valence-corrected chi connectivity index (χ2v) is 6.14. The Hall–Kier alpha value is -3.82. The van der Waals surface area contributed by atoms with Gasteiger partial charge in [0.15, 0.2) is 17.4 Å². The van der Waals surface area contributed by atoms with Gasteiger partial charge in [0.05, 0.1) is 5.69 Å². The Morgan fingerprint density at radius 1 is 0.967 bits per heavy atom. The number of ether oxygens (including phenoxy) is 1. The van der Waals surface area contributed by atoms with E-state index in [4.69, 9.17) is 4.74 Å². The molecule has 0 fully saturated rings. The number of hydrogen-bond donors (Lipinski definition) is 2. The van der Waals surface area contributed by atoms with Crippen molar-refractivity contribution in [2.75, 3.05) is 23.7 Å². The molecule has 1 heterocycles. The number of nitrogens with zero attached hydrogens (tertiary/aromatic N) is 4. The zero-order chi connectivity index (χ0) is 22.1. The monoisotopic (exact) mass is 412 g/mol. The van der Waals surface area contributed by atoms with Crippen molar-refractivity contribution in [1.82, 2.24) is 9.88 Å². The molecule has 0 radical (unpaired) electrons. The number of azo groups is 1. The third-order valence-corrected chi connectivity index (χ3v) is 3.80. The van der Waals surface area contributed by atoms with Crippen LogP contribution < -0.4 is 15.4 Å². The smallest absolute Gasteiger partial charge is 0.406 e. The van der Waals surface area contributed by atoms with Crippen LogP contribution in [0.15, 0.2) is 46.6 Å². The molecule has 2 aromatic rings. The van der Waals surface area contributed by atoms with Crippen molar-refractivity contribution < 1.29 is 19.1 Å². The van der Waals surface area contributed by atoms with Gasteiger partial charge in [0.25, 0.3) is 0 Å². The lowest BCUT2D eigenvalue weighted by Crippen LogP contribution is -2.33. The fourth-order valence-electron chi connectivity index (χ4n) is 2.40. The van der Waals surface area contributed by atoms with Gasteiger partial charge in [-0.15, -0.1) is 5.11 Å². The summed E-state index contributed by atoms with van der Waals surface area (Å²) in [7, 11) is 0. The summed E-state index contributed by atoms with van der Waals surface area (Å²) in [5.41, 5.74) is 0.740. The van der Waals surface area contributed by atoms with Crippen LogP contribution in [-0.4, -0.2) is 40.9 Å². The number of pyridine rings is 1. The van der Waals surface area contributed by atoms with E-state index in [0.717, 1.165) is 0 Å². The van der Waals surface area contributed by atoms with E-state index in [1.54, 1.807) is 24.3 Å². The van der Waals surface area contributed by atoms with Crippen molar-refractivity contribution in [2.24, 2.45) is 10.2 Å². The minimum atomic E-state index is -0.605. The molecule has 3 amide bonds. The highest BCUT2D eigenvalue weighted by Gasteiger charge is 2.20. The summed E-state index contributed by atoms with van der Waals surface area (Å²) in [4.78, 5) is 41.3. The van der Waals surface area contributed by atoms with Gasteiger partial charge in [0.2, 0.25) is 11.8 Å². The number of aromatic nitrogens is 1. The topological polar surface area (TPSA) is 125 Å². The first-order chi connectivity index (χ1) is 14.3. The largest absolute Gasteiger partial charge is 0.415 e. The van der Waals surface area contributed by atoms with Crippen molar-refractivity contribution in [3.05, 3.63) is 36.4 Å². The van der Waals surface area contributed by atoms with E-state index in [-0.39, 0.29) is 29.0 Å². The van der Waals surface area contributed by atoms with Crippen molar-refractivity contribution in [3.63, 3.8) is 0 Å². The zero-order valence-corrected chi connectivity index (χ0v) is 17.3. The molecule has 30 heavy (non-hydrogen) atoms. The van der Waals surface area contributed by atoms with Crippen molar-refractivity contribution in [3.8, 4) is 5.75 Å². The van der Waals surface area contributed by atoms with Crippen molar-refractivity contribution in [2.45, 2.75) is 27.7 Å². The number of anilines is 2. The van der Waals surface area contributed by atoms with Crippen LogP contribution in [0.4, 0.5) is 27.8 Å². The quantitative estimate of drug-likeness (QED) is 0.658. The normalized spacial score (nSPS) is 10.5. The molecular weight excluding hydrogens is 388 g/mol. The Balaban J connectivity index is 2.51. The molecule has 0 bridgehead atoms. The Labute approximate surface area is 174 Å². The zero-order valence-electron chi connectivity index (χ0n) is 17.3. The van der Waals surface area contributed by atoms with Crippen LogP contribution in [0.25, 0.3) is 0 Å². The number of benzene rings is 1. The molecule has 0 aliphatic carbocycles. The summed E-state index contributed by atoms with van der Waals surface area (Å²) < 4.78 is 5.44. The first-order valence-corrected chi connectivity index (χ1v) is 9.37. The van der Waals surface area contributed by atoms with E-state index in [2.05, 4.69) is 25.8 Å². The van der Waals surface area contributed by atoms with Crippen LogP contribution in [0.5, 0.6) is 5.75 Å². The summed E-state index contributed by atoms with van der Waals surface area (Å²) in [5.74, 6) is -0.785. The van der Waals surface area contributed by atoms with E-state index in [1.807, 2.05) is 19.9 Å². The molecule has 2 rings (SSSR count). The maximum atomic E-state index is 12.4. The van der Waals surface area contributed by atoms with Crippen LogP contribution >= 0.6 is 0 Å². The van der Waals surface area contributed by atoms with Gasteiger partial charge in [0, 0.05) is 33.0 Å². The molecule has 0 saturated carbocycles. The minimum absolute atomic E-state index is 0.0155. The first kappa shape index (κ1) is 22.5. The van der Waals surface area contributed by atoms with Crippen LogP contribution in [0.1, 0.15) is 27.7 Å². The highest BCUT2D eigenvalue weighted by atomic mass is 16.6. The number of amides is 3. The number of carbonyl (C=O) groups is 3. The Morgan fingerprint density at radius 2 is 1.57 bits per heavy atom. The summed E-state index contributed by atoms with van der Waals surface area (Å²) >= 11 is 0. The lowest BCUT2D eigenvalue weighted by molar-refractivity contribution is -0.115. The van der Waals surface area contributed by atoms with Crippen LogP contribution in [0.2, 0.25) is 0 Å². The van der Waals surface area contributed by atoms with E-state index < -0.39 is 12.0 Å². The maximum Gasteiger partial charge on any atom is 0.415 e. The molecule has 10 heteroatoms. The average molecular weight is 412 g/mol. The summed E-state index contributed by atoms with van der Waals surface area (Å²) in [6, 6.07) is 10.3. The SMILES string of the molecule is CCN(CC)C(=O)Oc1cc(/N=N/c2ccccc2)c(NC(C)=O)nc1NC(C)=O. The number of carbonyl (C=O) groups excluding carboxylic acids is 3. The predicted octanol–water partition coefficient (Wildman–Crippen LogP) is 4.25. The van der Waals surface area contributed by atoms with Crippen molar-refractivity contribution in [1.29, 1.82) is 0 Å². The Bertz CT molecular complexity index is 942. The summed E-state index contributed by atoms with van der Waals surface area (Å²) in [6.45, 7) is 7.13. The lowest BCUT2D eigenvalue weighted by atomic mass is 10.3. The fraction of sp³-hybridized carbons (Fsp3) is 0.300. The van der Waals surface area contributed by atoms with Gasteiger partial charge >= 0.3 is 6.09 Å². The van der Waals surface area contributed by atoms with Crippen LogP contribution in [-0.2, 0) is 9.59 Å². The highest BCUT2D eigenvalue weighted by Crippen LogP contribution is 2.35. The molecule has 0 aliphatic heterocycles. The predicted molar refractivity (Wildman–Crippen MR) is 112 cm³/mol. The summed E-state index contributed by atoms with van der Waals surface area (Å²) in [6.07, 6.45) is -0.605. The maximum absolute atomic E-state index is 12.4. The molecule has 10 nitrogen and oxygen atoms in total. The van der Waals surface area contributed by atoms with Gasteiger partial charge in [-0.3, -0.25) is 9.59 Å². The molecule has 158 valence electrons. The molecular formula is C20H24N6O4. The summed E-state index contributed by atoms with van der Waals surface area (Å²) in [5, 5.41) is 13.3. The number of hydrogen-bond acceptors (Lipinski definition) is 7. The number of rotatable bonds is 7. The highest BCUT2D eigenvalue weighted by molar-refractivity contribution is 5.94.